The standard InChI is InChI=1S/C24H18F12N2O2.2C2H4O2.Co/c25-21(26,27)13-5-11(19(39)15(7-13)23(31,32)33)9-37-17-3-1-2-4-18(17)38-10-12-6-14(22(28,29)30)8-16(20(12)40)24(34,35)36;2*1-2(3)4;/h5-10,17-18,39-40H,1-4H2;2*1H3,(H,3,4);/q;;;+2/p-2. The number of carboxylic acid groups (broad SMARTS) is 2. The summed E-state index contributed by atoms with van der Waals surface area (Å²) in [5.41, 5.74) is -9.16. The molecule has 2 atom stereocenters. The number of benzene rings is 2. The van der Waals surface area contributed by atoms with E-state index in [0.29, 0.717) is 25.3 Å². The molecule has 1 radical (unpaired) electrons. The van der Waals surface area contributed by atoms with Crippen LogP contribution in [-0.4, -0.2) is 46.7 Å². The van der Waals surface area contributed by atoms with Gasteiger partial charge in [0.2, 0.25) is 0 Å². The first-order chi connectivity index (χ1) is 21.7. The number of hydrogen-bond acceptors (Lipinski definition) is 8. The van der Waals surface area contributed by atoms with Crippen molar-refractivity contribution in [2.75, 3.05) is 0 Å². The van der Waals surface area contributed by atoms with Crippen LogP contribution < -0.4 is 10.2 Å². The van der Waals surface area contributed by atoms with Crippen molar-refractivity contribution in [3.8, 4) is 11.5 Å². The minimum absolute atomic E-state index is 0. The van der Waals surface area contributed by atoms with E-state index >= 15 is 0 Å². The van der Waals surface area contributed by atoms with Gasteiger partial charge in [0.25, 0.3) is 0 Å². The molecular formula is C28H24CoF12N2O6. The van der Waals surface area contributed by atoms with E-state index in [1.165, 1.54) is 0 Å². The maximum absolute atomic E-state index is 13.2. The number of nitrogens with zero attached hydrogens (tertiary/aromatic N) is 2. The Morgan fingerprint density at radius 2 is 0.898 bits per heavy atom. The van der Waals surface area contributed by atoms with Crippen molar-refractivity contribution in [2.24, 2.45) is 9.98 Å². The van der Waals surface area contributed by atoms with E-state index < -0.39 is 93.6 Å². The number of carbonyl (C=O) groups is 2. The fourth-order valence-electron chi connectivity index (χ4n) is 4.06. The Balaban J connectivity index is 0.00000230. The number of aliphatic imine (C=N–C) groups is 2. The van der Waals surface area contributed by atoms with Crippen molar-refractivity contribution in [1.82, 2.24) is 0 Å². The topological polar surface area (TPSA) is 145 Å². The zero-order valence-electron chi connectivity index (χ0n) is 24.7. The Hall–Kier alpha value is -4.01. The molecule has 1 aliphatic rings. The van der Waals surface area contributed by atoms with Crippen molar-refractivity contribution in [1.29, 1.82) is 0 Å². The van der Waals surface area contributed by atoms with E-state index in [4.69, 9.17) is 19.8 Å². The average Bonchev–Trinajstić information content (AvgIpc) is 2.89. The van der Waals surface area contributed by atoms with Gasteiger partial charge >= 0.3 is 41.5 Å². The van der Waals surface area contributed by atoms with Gasteiger partial charge in [-0.25, -0.2) is 0 Å². The number of aliphatic carboxylic acids is 2. The summed E-state index contributed by atoms with van der Waals surface area (Å²) in [6.45, 7) is 1.94. The van der Waals surface area contributed by atoms with Crippen molar-refractivity contribution in [2.45, 2.75) is 76.3 Å². The first-order valence-corrected chi connectivity index (χ1v) is 13.1. The van der Waals surface area contributed by atoms with E-state index in [9.17, 15) is 62.9 Å². The van der Waals surface area contributed by atoms with Gasteiger partial charge in [0.05, 0.1) is 34.3 Å². The number of carbonyl (C=O) groups excluding carboxylic acids is 2. The summed E-state index contributed by atoms with van der Waals surface area (Å²) in [5.74, 6) is -5.21. The minimum atomic E-state index is -5.34. The van der Waals surface area contributed by atoms with Crippen LogP contribution >= 0.6 is 0 Å². The van der Waals surface area contributed by atoms with Crippen molar-refractivity contribution < 1.29 is 99.5 Å². The zero-order valence-corrected chi connectivity index (χ0v) is 25.8. The molecule has 3 rings (SSSR count). The Kier molecular flexibility index (Phi) is 16.1. The van der Waals surface area contributed by atoms with Gasteiger partial charge < -0.3 is 30.0 Å². The van der Waals surface area contributed by atoms with Crippen LogP contribution in [0.5, 0.6) is 11.5 Å². The van der Waals surface area contributed by atoms with Gasteiger partial charge in [-0.05, 0) is 51.0 Å². The van der Waals surface area contributed by atoms with Crippen LogP contribution in [0.3, 0.4) is 0 Å². The van der Waals surface area contributed by atoms with E-state index in [-0.39, 0.29) is 53.9 Å². The third kappa shape index (κ3) is 14.6. The molecule has 1 aliphatic carbocycles. The summed E-state index contributed by atoms with van der Waals surface area (Å²) in [4.78, 5) is 25.6. The molecule has 275 valence electrons. The first kappa shape index (κ1) is 45.0. The maximum atomic E-state index is 13.2. The summed E-state index contributed by atoms with van der Waals surface area (Å²) in [6, 6.07) is -1.98. The van der Waals surface area contributed by atoms with Crippen molar-refractivity contribution in [3.63, 3.8) is 0 Å². The first-order valence-electron chi connectivity index (χ1n) is 13.1. The van der Waals surface area contributed by atoms with Gasteiger partial charge in [0.15, 0.2) is 0 Å². The summed E-state index contributed by atoms with van der Waals surface area (Å²) in [7, 11) is 0. The van der Waals surface area contributed by atoms with Crippen LogP contribution in [0.25, 0.3) is 0 Å². The third-order valence-electron chi connectivity index (χ3n) is 6.05. The van der Waals surface area contributed by atoms with Crippen LogP contribution in [-0.2, 0) is 51.1 Å². The molecule has 0 amide bonds. The normalized spacial score (nSPS) is 17.0. The molecule has 0 spiro atoms. The summed E-state index contributed by atoms with van der Waals surface area (Å²) in [6.07, 6.45) is -18.7. The molecule has 0 heterocycles. The van der Waals surface area contributed by atoms with Crippen LogP contribution in [0.4, 0.5) is 52.7 Å². The van der Waals surface area contributed by atoms with Crippen LogP contribution in [0.1, 0.15) is 72.9 Å². The fraction of sp³-hybridized carbons (Fsp3) is 0.429. The molecule has 2 aromatic rings. The van der Waals surface area contributed by atoms with Gasteiger partial charge in [-0.1, -0.05) is 12.8 Å². The molecule has 49 heavy (non-hydrogen) atoms. The number of hydrogen-bond donors (Lipinski definition) is 2. The van der Waals surface area contributed by atoms with Gasteiger partial charge in [-0.15, -0.1) is 0 Å². The zero-order chi connectivity index (χ0) is 37.4. The van der Waals surface area contributed by atoms with E-state index in [0.717, 1.165) is 13.8 Å². The molecule has 0 bridgehead atoms. The number of alkyl halides is 12. The molecule has 2 unspecified atom stereocenters. The Morgan fingerprint density at radius 1 is 0.633 bits per heavy atom. The third-order valence-corrected chi connectivity index (χ3v) is 6.05. The summed E-state index contributed by atoms with van der Waals surface area (Å²) in [5, 5.41) is 37.7. The second-order valence-corrected chi connectivity index (χ2v) is 9.87. The quantitative estimate of drug-likeness (QED) is 0.309. The Labute approximate surface area is 279 Å². The number of rotatable bonds is 4. The summed E-state index contributed by atoms with van der Waals surface area (Å²) >= 11 is 0. The monoisotopic (exact) mass is 771 g/mol. The van der Waals surface area contributed by atoms with E-state index in [2.05, 4.69) is 9.98 Å². The smallest absolute Gasteiger partial charge is 0.550 e. The molecule has 0 aromatic heterocycles. The second-order valence-electron chi connectivity index (χ2n) is 9.87. The average molecular weight is 771 g/mol. The van der Waals surface area contributed by atoms with Gasteiger partial charge in [0, 0.05) is 35.5 Å². The maximum Gasteiger partial charge on any atom is 2.00 e. The number of phenolic OH excluding ortho intramolecular Hbond substituents is 2. The Bertz CT molecular complexity index is 1380. The molecule has 1 saturated carbocycles. The molecule has 21 heteroatoms. The molecule has 8 nitrogen and oxygen atoms in total. The largest absolute Gasteiger partial charge is 2.00 e. The number of aromatic hydroxyl groups is 2. The van der Waals surface area contributed by atoms with Gasteiger partial charge in [-0.3, -0.25) is 9.98 Å². The van der Waals surface area contributed by atoms with E-state index in [1.54, 1.807) is 0 Å². The molecule has 1 fully saturated rings. The number of phenols is 2. The molecule has 2 aromatic carbocycles. The Morgan fingerprint density at radius 3 is 1.12 bits per heavy atom. The van der Waals surface area contributed by atoms with E-state index in [1.807, 2.05) is 0 Å². The SMILES string of the molecule is CC(=O)[O-].CC(=O)[O-].Oc1c(C=NC2CCCCC2N=Cc2cc(C(F)(F)F)cc(C(F)(F)F)c2O)cc(C(F)(F)F)cc1C(F)(F)F.[Co+2]. The molecule has 2 N–H and O–H groups in total. The number of carboxylic acids is 2. The van der Waals surface area contributed by atoms with Crippen LogP contribution in [0.15, 0.2) is 34.3 Å². The fourth-order valence-corrected chi connectivity index (χ4v) is 4.06. The van der Waals surface area contributed by atoms with Crippen LogP contribution in [0.2, 0.25) is 0 Å². The molecular weight excluding hydrogens is 747 g/mol. The predicted molar refractivity (Wildman–Crippen MR) is 139 cm³/mol. The predicted octanol–water partition coefficient (Wildman–Crippen LogP) is 5.53. The second kappa shape index (κ2) is 17.6. The minimum Gasteiger partial charge on any atom is -0.550 e. The summed E-state index contributed by atoms with van der Waals surface area (Å²) < 4.78 is 158. The van der Waals surface area contributed by atoms with Crippen LogP contribution in [0, 0.1) is 0 Å². The van der Waals surface area contributed by atoms with Crippen molar-refractivity contribution in [3.05, 3.63) is 57.6 Å². The molecule has 0 saturated heterocycles. The number of halogens is 12. The van der Waals surface area contributed by atoms with Gasteiger partial charge in [-0.2, -0.15) is 52.7 Å². The van der Waals surface area contributed by atoms with Crippen molar-refractivity contribution >= 4 is 24.4 Å². The van der Waals surface area contributed by atoms with Gasteiger partial charge in [0.1, 0.15) is 11.5 Å². The molecule has 0 aliphatic heterocycles.